The van der Waals surface area contributed by atoms with Crippen LogP contribution in [0.25, 0.3) is 0 Å². The summed E-state index contributed by atoms with van der Waals surface area (Å²) in [6, 6.07) is 3.57. The molecule has 0 atom stereocenters. The fourth-order valence-corrected chi connectivity index (χ4v) is 2.63. The van der Waals surface area contributed by atoms with E-state index in [9.17, 15) is 4.79 Å². The third-order valence-corrected chi connectivity index (χ3v) is 3.94. The molecule has 1 amide bonds. The van der Waals surface area contributed by atoms with Crippen molar-refractivity contribution in [1.82, 2.24) is 0 Å². The van der Waals surface area contributed by atoms with Crippen LogP contribution in [-0.4, -0.2) is 25.9 Å². The first-order chi connectivity index (χ1) is 10.7. The zero-order chi connectivity index (χ0) is 17.3. The Morgan fingerprint density at radius 3 is 2.17 bits per heavy atom. The summed E-state index contributed by atoms with van der Waals surface area (Å²) in [5, 5.41) is 2.79. The van der Waals surface area contributed by atoms with E-state index in [0.29, 0.717) is 17.2 Å². The van der Waals surface area contributed by atoms with Crippen molar-refractivity contribution in [2.24, 2.45) is 5.73 Å². The minimum absolute atomic E-state index is 0.454. The number of carbonyl (C=O) groups excluding carboxylic acids is 1. The van der Waals surface area contributed by atoms with Gasteiger partial charge in [-0.3, -0.25) is 5.32 Å². The maximum absolute atomic E-state index is 12.1. The molecule has 0 aromatic heterocycles. The molecule has 3 N–H and O–H groups in total. The summed E-state index contributed by atoms with van der Waals surface area (Å²) in [5.41, 5.74) is 6.86. The van der Waals surface area contributed by atoms with Gasteiger partial charge in [-0.05, 0) is 51.7 Å². The molecular weight excluding hydrogens is 296 g/mol. The van der Waals surface area contributed by atoms with Gasteiger partial charge < -0.3 is 19.9 Å². The lowest BCUT2D eigenvalue weighted by atomic mass is 9.72. The van der Waals surface area contributed by atoms with E-state index in [4.69, 9.17) is 19.9 Å². The summed E-state index contributed by atoms with van der Waals surface area (Å²) >= 11 is 0. The molecule has 1 aromatic carbocycles. The highest BCUT2D eigenvalue weighted by Crippen LogP contribution is 2.45. The number of anilines is 1. The molecule has 0 heterocycles. The highest BCUT2D eigenvalue weighted by molar-refractivity contribution is 5.87. The Labute approximate surface area is 137 Å². The van der Waals surface area contributed by atoms with Gasteiger partial charge >= 0.3 is 6.09 Å². The number of hydrogen-bond donors (Lipinski definition) is 2. The molecule has 1 fully saturated rings. The van der Waals surface area contributed by atoms with Crippen molar-refractivity contribution in [2.45, 2.75) is 51.2 Å². The van der Waals surface area contributed by atoms with Gasteiger partial charge in [-0.2, -0.15) is 0 Å². The van der Waals surface area contributed by atoms with Crippen LogP contribution in [-0.2, 0) is 10.3 Å². The second kappa shape index (κ2) is 6.28. The van der Waals surface area contributed by atoms with E-state index < -0.39 is 17.2 Å². The zero-order valence-corrected chi connectivity index (χ0v) is 14.5. The normalized spacial score (nSPS) is 16.3. The van der Waals surface area contributed by atoms with Crippen LogP contribution in [0.3, 0.4) is 0 Å². The number of ether oxygens (including phenoxy) is 3. The molecule has 1 aliphatic rings. The van der Waals surface area contributed by atoms with Crippen LogP contribution in [0.2, 0.25) is 0 Å². The molecule has 0 aliphatic heterocycles. The predicted octanol–water partition coefficient (Wildman–Crippen LogP) is 3.39. The number of methoxy groups -OCH3 is 2. The number of nitrogens with one attached hydrogen (secondary N) is 1. The quantitative estimate of drug-likeness (QED) is 0.888. The Morgan fingerprint density at radius 1 is 1.17 bits per heavy atom. The van der Waals surface area contributed by atoms with E-state index in [2.05, 4.69) is 5.32 Å². The number of rotatable bonds is 4. The van der Waals surface area contributed by atoms with Gasteiger partial charge in [0.25, 0.3) is 0 Å². The maximum atomic E-state index is 12.1. The van der Waals surface area contributed by atoms with Crippen molar-refractivity contribution in [3.8, 4) is 11.5 Å². The summed E-state index contributed by atoms with van der Waals surface area (Å²) in [7, 11) is 3.13. The molecule has 6 heteroatoms. The Bertz CT molecular complexity index is 589. The van der Waals surface area contributed by atoms with Crippen molar-refractivity contribution >= 4 is 11.8 Å². The standard InChI is InChI=1S/C17H26N2O4/c1-16(2,3)23-15(20)19-12-10-14(22-5)13(21-4)9-11(12)17(18)7-6-8-17/h9-10H,6-8,18H2,1-5H3,(H,19,20). The van der Waals surface area contributed by atoms with Gasteiger partial charge in [-0.15, -0.1) is 0 Å². The Morgan fingerprint density at radius 2 is 1.74 bits per heavy atom. The molecule has 0 saturated heterocycles. The van der Waals surface area contributed by atoms with E-state index in [0.717, 1.165) is 24.8 Å². The first kappa shape index (κ1) is 17.4. The third-order valence-electron chi connectivity index (χ3n) is 3.94. The minimum Gasteiger partial charge on any atom is -0.493 e. The van der Waals surface area contributed by atoms with Crippen molar-refractivity contribution in [3.63, 3.8) is 0 Å². The van der Waals surface area contributed by atoms with Crippen LogP contribution in [0.4, 0.5) is 10.5 Å². The smallest absolute Gasteiger partial charge is 0.412 e. The van der Waals surface area contributed by atoms with E-state index in [1.165, 1.54) is 0 Å². The number of carbonyl (C=O) groups is 1. The molecule has 6 nitrogen and oxygen atoms in total. The van der Waals surface area contributed by atoms with Gasteiger partial charge in [-0.1, -0.05) is 0 Å². The van der Waals surface area contributed by atoms with Crippen LogP contribution in [0.15, 0.2) is 12.1 Å². The molecular formula is C17H26N2O4. The van der Waals surface area contributed by atoms with Gasteiger partial charge in [0.15, 0.2) is 11.5 Å². The predicted molar refractivity (Wildman–Crippen MR) is 89.1 cm³/mol. The summed E-state index contributed by atoms with van der Waals surface area (Å²) in [4.78, 5) is 12.1. The molecule has 0 spiro atoms. The lowest BCUT2D eigenvalue weighted by Crippen LogP contribution is -2.44. The van der Waals surface area contributed by atoms with Crippen LogP contribution in [0.5, 0.6) is 11.5 Å². The van der Waals surface area contributed by atoms with Crippen molar-refractivity contribution in [3.05, 3.63) is 17.7 Å². The van der Waals surface area contributed by atoms with Gasteiger partial charge in [0.2, 0.25) is 0 Å². The lowest BCUT2D eigenvalue weighted by Gasteiger charge is -2.40. The van der Waals surface area contributed by atoms with Gasteiger partial charge in [0.1, 0.15) is 5.60 Å². The average Bonchev–Trinajstić information content (AvgIpc) is 2.42. The molecule has 1 aliphatic carbocycles. The third kappa shape index (κ3) is 3.88. The molecule has 2 rings (SSSR count). The largest absolute Gasteiger partial charge is 0.493 e. The van der Waals surface area contributed by atoms with Crippen molar-refractivity contribution in [2.75, 3.05) is 19.5 Å². The molecule has 0 radical (unpaired) electrons. The molecule has 0 unspecified atom stereocenters. The minimum atomic E-state index is -0.572. The number of amides is 1. The monoisotopic (exact) mass is 322 g/mol. The Balaban J connectivity index is 2.37. The van der Waals surface area contributed by atoms with Crippen LogP contribution in [0, 0.1) is 0 Å². The SMILES string of the molecule is COc1cc(NC(=O)OC(C)(C)C)c(C2(N)CCC2)cc1OC. The second-order valence-electron chi connectivity index (χ2n) is 6.89. The average molecular weight is 322 g/mol. The van der Waals surface area contributed by atoms with E-state index in [1.807, 2.05) is 26.8 Å². The highest BCUT2D eigenvalue weighted by Gasteiger charge is 2.37. The summed E-state index contributed by atoms with van der Waals surface area (Å²) < 4.78 is 16.0. The van der Waals surface area contributed by atoms with Gasteiger partial charge in [0, 0.05) is 11.6 Å². The summed E-state index contributed by atoms with van der Waals surface area (Å²) in [5.74, 6) is 1.12. The second-order valence-corrected chi connectivity index (χ2v) is 6.89. The van der Waals surface area contributed by atoms with Crippen LogP contribution < -0.4 is 20.5 Å². The first-order valence-corrected chi connectivity index (χ1v) is 7.74. The Kier molecular flexibility index (Phi) is 4.75. The number of nitrogens with two attached hydrogens (primary N) is 1. The number of benzene rings is 1. The first-order valence-electron chi connectivity index (χ1n) is 7.74. The molecule has 0 bridgehead atoms. The summed E-state index contributed by atoms with van der Waals surface area (Å²) in [6.07, 6.45) is 2.28. The van der Waals surface area contributed by atoms with E-state index >= 15 is 0 Å². The zero-order valence-electron chi connectivity index (χ0n) is 14.5. The summed E-state index contributed by atoms with van der Waals surface area (Å²) in [6.45, 7) is 5.45. The maximum Gasteiger partial charge on any atom is 0.412 e. The Hall–Kier alpha value is -1.95. The fraction of sp³-hybridized carbons (Fsp3) is 0.588. The van der Waals surface area contributed by atoms with E-state index in [-0.39, 0.29) is 0 Å². The highest BCUT2D eigenvalue weighted by atomic mass is 16.6. The van der Waals surface area contributed by atoms with Gasteiger partial charge in [-0.25, -0.2) is 4.79 Å². The molecule has 23 heavy (non-hydrogen) atoms. The van der Waals surface area contributed by atoms with Crippen molar-refractivity contribution < 1.29 is 19.0 Å². The van der Waals surface area contributed by atoms with Crippen LogP contribution >= 0.6 is 0 Å². The topological polar surface area (TPSA) is 82.8 Å². The molecule has 1 aromatic rings. The van der Waals surface area contributed by atoms with Crippen LogP contribution in [0.1, 0.15) is 45.6 Å². The van der Waals surface area contributed by atoms with Crippen molar-refractivity contribution in [1.29, 1.82) is 0 Å². The number of hydrogen-bond acceptors (Lipinski definition) is 5. The fourth-order valence-electron chi connectivity index (χ4n) is 2.63. The molecule has 128 valence electrons. The van der Waals surface area contributed by atoms with Gasteiger partial charge in [0.05, 0.1) is 19.9 Å². The molecule has 1 saturated carbocycles. The lowest BCUT2D eigenvalue weighted by molar-refractivity contribution is 0.0635. The van der Waals surface area contributed by atoms with E-state index in [1.54, 1.807) is 20.3 Å².